The number of aromatic nitrogens is 4. The Hall–Kier alpha value is -4.70. The van der Waals surface area contributed by atoms with Crippen LogP contribution < -0.4 is 9.47 Å². The van der Waals surface area contributed by atoms with E-state index in [1.165, 1.54) is 27.8 Å². The quantitative estimate of drug-likeness (QED) is 0.116. The molecule has 3 heterocycles. The number of nitrogens with zero attached hydrogens (tertiary/aromatic N) is 4. The molecule has 0 aliphatic heterocycles. The number of rotatable bonds is 8. The number of fused-ring (bicyclic) bond motifs is 3. The van der Waals surface area contributed by atoms with Crippen molar-refractivity contribution in [3.8, 4) is 39.9 Å². The van der Waals surface area contributed by atoms with E-state index in [0.29, 0.717) is 11.5 Å². The maximum Gasteiger partial charge on any atom is 2.00 e. The summed E-state index contributed by atoms with van der Waals surface area (Å²) in [6.07, 6.45) is 3.69. The van der Waals surface area contributed by atoms with E-state index >= 15 is 0 Å². The van der Waals surface area contributed by atoms with Gasteiger partial charge in [-0.05, 0) is 67.6 Å². The number of benzene rings is 4. The van der Waals surface area contributed by atoms with Gasteiger partial charge in [-0.3, -0.25) is 4.68 Å². The van der Waals surface area contributed by atoms with Crippen molar-refractivity contribution in [3.63, 3.8) is 0 Å². The van der Waals surface area contributed by atoms with E-state index in [-0.39, 0.29) is 20.4 Å². The second kappa shape index (κ2) is 13.2. The molecule has 0 atom stereocenters. The molecule has 238 valence electrons. The second-order valence-electron chi connectivity index (χ2n) is 11.8. The zero-order valence-electron chi connectivity index (χ0n) is 27.4. The minimum absolute atomic E-state index is 0. The molecule has 7 heteroatoms. The van der Waals surface area contributed by atoms with Crippen LogP contribution in [0.4, 0.5) is 0 Å². The van der Waals surface area contributed by atoms with E-state index in [1.807, 2.05) is 28.9 Å². The summed E-state index contributed by atoms with van der Waals surface area (Å²) < 4.78 is 16.2. The average molecular weight is 711 g/mol. The molecule has 0 unspecified atom stereocenters. The van der Waals surface area contributed by atoms with E-state index in [4.69, 9.17) is 14.6 Å². The number of aryl methyl sites for hydroxylation is 4. The summed E-state index contributed by atoms with van der Waals surface area (Å²) in [6, 6.07) is 33.9. The molecule has 0 spiro atoms. The second-order valence-corrected chi connectivity index (χ2v) is 11.8. The van der Waals surface area contributed by atoms with E-state index in [2.05, 4.69) is 111 Å². The molecule has 6 nitrogen and oxygen atoms in total. The van der Waals surface area contributed by atoms with Gasteiger partial charge in [-0.25, -0.2) is 4.98 Å². The zero-order chi connectivity index (χ0) is 31.9. The zero-order valence-corrected chi connectivity index (χ0v) is 29.0. The van der Waals surface area contributed by atoms with Gasteiger partial charge in [0.25, 0.3) is 0 Å². The monoisotopic (exact) mass is 710 g/mol. The Kier molecular flexibility index (Phi) is 9.05. The first kappa shape index (κ1) is 32.3. The Morgan fingerprint density at radius 2 is 1.57 bits per heavy atom. The average Bonchev–Trinajstić information content (AvgIpc) is 3.54. The van der Waals surface area contributed by atoms with Crippen LogP contribution in [0.1, 0.15) is 41.4 Å². The summed E-state index contributed by atoms with van der Waals surface area (Å²) in [6.45, 7) is 10.7. The standard InChI is InChI=1S/C40H36N4O2.Pd/c1-7-11-29-20-30(44-28(5)40(27(4)42-44)39-25(2)12-10-13-26(39)3)22-33(21-29)46-32-16-17-35-34-14-8-9-15-36(34)43(37(35)23-32)38-24-31(45-6)18-19-41-38;/h8-10,12-21,24H,7,11H2,1-6H3;/q-2;+2. The third-order valence-corrected chi connectivity index (χ3v) is 8.64. The third kappa shape index (κ3) is 5.86. The largest absolute Gasteiger partial charge is 2.00 e. The third-order valence-electron chi connectivity index (χ3n) is 8.64. The predicted octanol–water partition coefficient (Wildman–Crippen LogP) is 9.62. The molecule has 0 bridgehead atoms. The number of para-hydroxylation sites is 1. The molecule has 0 radical (unpaired) electrons. The summed E-state index contributed by atoms with van der Waals surface area (Å²) in [7, 11) is 1.66. The van der Waals surface area contributed by atoms with Crippen molar-refractivity contribution in [2.75, 3.05) is 7.11 Å². The minimum atomic E-state index is 0. The number of hydrogen-bond acceptors (Lipinski definition) is 4. The van der Waals surface area contributed by atoms with Gasteiger partial charge < -0.3 is 14.0 Å². The Labute approximate surface area is 289 Å². The van der Waals surface area contributed by atoms with Gasteiger partial charge in [0.1, 0.15) is 11.6 Å². The first-order chi connectivity index (χ1) is 22.4. The molecule has 47 heavy (non-hydrogen) atoms. The van der Waals surface area contributed by atoms with Crippen molar-refractivity contribution in [2.45, 2.75) is 47.5 Å². The predicted molar refractivity (Wildman–Crippen MR) is 185 cm³/mol. The van der Waals surface area contributed by atoms with Crippen LogP contribution in [0.2, 0.25) is 0 Å². The molecule has 0 saturated carbocycles. The molecule has 3 aromatic heterocycles. The van der Waals surface area contributed by atoms with Crippen molar-refractivity contribution in [1.29, 1.82) is 0 Å². The molecule has 0 aliphatic rings. The van der Waals surface area contributed by atoms with Crippen LogP contribution in [0, 0.1) is 39.8 Å². The fourth-order valence-electron chi connectivity index (χ4n) is 6.57. The van der Waals surface area contributed by atoms with Crippen molar-refractivity contribution in [2.24, 2.45) is 0 Å². The summed E-state index contributed by atoms with van der Waals surface area (Å²) >= 11 is 0. The summed E-state index contributed by atoms with van der Waals surface area (Å²) in [4.78, 5) is 4.68. The van der Waals surface area contributed by atoms with Gasteiger partial charge >= 0.3 is 20.4 Å². The van der Waals surface area contributed by atoms with Gasteiger partial charge in [0, 0.05) is 40.5 Å². The van der Waals surface area contributed by atoms with Gasteiger partial charge in [-0.15, -0.1) is 35.7 Å². The molecule has 7 rings (SSSR count). The van der Waals surface area contributed by atoms with Crippen molar-refractivity contribution >= 4 is 21.8 Å². The molecule has 0 N–H and O–H groups in total. The SMILES string of the molecule is CCCc1cc(Oc2[c-]c3c(cc2)c2ccccc2n3-c2cc(OC)ccn2)[c-]c(-n2nc(C)c(-c3c(C)cccc3C)c2C)c1.[Pd+2]. The van der Waals surface area contributed by atoms with Crippen LogP contribution in [0.5, 0.6) is 17.2 Å². The van der Waals surface area contributed by atoms with Crippen molar-refractivity contribution in [1.82, 2.24) is 19.3 Å². The van der Waals surface area contributed by atoms with Crippen LogP contribution in [-0.4, -0.2) is 26.4 Å². The molecule has 7 aromatic rings. The van der Waals surface area contributed by atoms with Crippen molar-refractivity contribution in [3.05, 3.63) is 125 Å². The Morgan fingerprint density at radius 1 is 0.787 bits per heavy atom. The summed E-state index contributed by atoms with van der Waals surface area (Å²) in [5.41, 5.74) is 10.9. The van der Waals surface area contributed by atoms with E-state index < -0.39 is 0 Å². The van der Waals surface area contributed by atoms with Gasteiger partial charge in [-0.2, -0.15) is 16.7 Å². The molecule has 0 amide bonds. The first-order valence-corrected chi connectivity index (χ1v) is 15.7. The summed E-state index contributed by atoms with van der Waals surface area (Å²) in [5, 5.41) is 7.20. The number of methoxy groups -OCH3 is 1. The van der Waals surface area contributed by atoms with Crippen LogP contribution in [0.25, 0.3) is 44.4 Å². The van der Waals surface area contributed by atoms with Crippen molar-refractivity contribution < 1.29 is 29.9 Å². The maximum atomic E-state index is 6.56. The van der Waals surface area contributed by atoms with E-state index in [1.54, 1.807) is 13.3 Å². The van der Waals surface area contributed by atoms with E-state index in [9.17, 15) is 0 Å². The normalized spacial score (nSPS) is 11.2. The van der Waals surface area contributed by atoms with Crippen LogP contribution in [0.15, 0.2) is 85.1 Å². The molecule has 0 fully saturated rings. The number of ether oxygens (including phenoxy) is 2. The van der Waals surface area contributed by atoms with Crippen LogP contribution >= 0.6 is 0 Å². The van der Waals surface area contributed by atoms with E-state index in [0.717, 1.165) is 63.3 Å². The minimum Gasteiger partial charge on any atom is -0.509 e. The topological polar surface area (TPSA) is 54.1 Å². The van der Waals surface area contributed by atoms with Gasteiger partial charge in [0.15, 0.2) is 0 Å². The molecular formula is C40H36N4O2Pd. The Morgan fingerprint density at radius 3 is 2.34 bits per heavy atom. The molecule has 0 aliphatic carbocycles. The first-order valence-electron chi connectivity index (χ1n) is 15.7. The van der Waals surface area contributed by atoms with Gasteiger partial charge in [-0.1, -0.05) is 61.7 Å². The Balaban J connectivity index is 0.00000386. The maximum absolute atomic E-state index is 6.56. The molecular weight excluding hydrogens is 675 g/mol. The molecule has 4 aromatic carbocycles. The molecule has 0 saturated heterocycles. The fourth-order valence-corrected chi connectivity index (χ4v) is 6.57. The summed E-state index contributed by atoms with van der Waals surface area (Å²) in [5.74, 6) is 2.71. The Bertz CT molecular complexity index is 2230. The number of pyridine rings is 1. The van der Waals surface area contributed by atoms with Crippen LogP contribution in [0.3, 0.4) is 0 Å². The van der Waals surface area contributed by atoms with Crippen LogP contribution in [-0.2, 0) is 26.8 Å². The number of hydrogen-bond donors (Lipinski definition) is 0. The van der Waals surface area contributed by atoms with Gasteiger partial charge in [0.2, 0.25) is 0 Å². The smallest absolute Gasteiger partial charge is 0.509 e. The van der Waals surface area contributed by atoms with Gasteiger partial charge in [0.05, 0.1) is 12.8 Å². The fraction of sp³-hybridized carbons (Fsp3) is 0.200.